The maximum Gasteiger partial charge on any atom is 0.327 e. The van der Waals surface area contributed by atoms with Crippen LogP contribution in [0, 0.1) is 5.92 Å². The smallest absolute Gasteiger partial charge is 0.327 e. The van der Waals surface area contributed by atoms with E-state index in [-0.39, 0.29) is 22.2 Å². The van der Waals surface area contributed by atoms with Gasteiger partial charge in [0.05, 0.1) is 0 Å². The van der Waals surface area contributed by atoms with Crippen LogP contribution in [-0.4, -0.2) is 56.3 Å². The molecule has 1 aliphatic heterocycles. The monoisotopic (exact) mass is 319 g/mol. The zero-order valence-corrected chi connectivity index (χ0v) is 13.6. The standard InChI is InChI=1S/C13H21NO4S2/c1-4-19-10-5-6-14(11(10)13(17)18)12(16)8(2)7-20-9(3)15/h8,10-11H,4-7H2,1-3H3,(H,17,18)/t8?,10?,11-/m0/s1. The molecule has 1 fully saturated rings. The van der Waals surface area contributed by atoms with Crippen molar-refractivity contribution in [3.8, 4) is 0 Å². The Hall–Kier alpha value is -0.690. The van der Waals surface area contributed by atoms with E-state index in [1.165, 1.54) is 11.8 Å². The lowest BCUT2D eigenvalue weighted by molar-refractivity contribution is -0.149. The fourth-order valence-corrected chi connectivity index (χ4v) is 4.06. The van der Waals surface area contributed by atoms with Crippen LogP contribution in [0.1, 0.15) is 27.2 Å². The minimum absolute atomic E-state index is 0.0275. The molecule has 7 heteroatoms. The van der Waals surface area contributed by atoms with E-state index >= 15 is 0 Å². The number of amides is 1. The first-order chi connectivity index (χ1) is 9.38. The lowest BCUT2D eigenvalue weighted by atomic mass is 10.1. The molecule has 114 valence electrons. The van der Waals surface area contributed by atoms with Crippen molar-refractivity contribution in [2.24, 2.45) is 5.92 Å². The summed E-state index contributed by atoms with van der Waals surface area (Å²) in [5.41, 5.74) is 0. The van der Waals surface area contributed by atoms with Crippen LogP contribution in [0.15, 0.2) is 0 Å². The van der Waals surface area contributed by atoms with Crippen molar-refractivity contribution in [3.05, 3.63) is 0 Å². The van der Waals surface area contributed by atoms with Gasteiger partial charge in [-0.3, -0.25) is 9.59 Å². The largest absolute Gasteiger partial charge is 0.480 e. The zero-order valence-electron chi connectivity index (χ0n) is 12.0. The maximum atomic E-state index is 12.4. The Bertz CT molecular complexity index is 389. The summed E-state index contributed by atoms with van der Waals surface area (Å²) in [6.07, 6.45) is 0.716. The molecule has 5 nitrogen and oxygen atoms in total. The number of carbonyl (C=O) groups is 3. The fourth-order valence-electron chi connectivity index (χ4n) is 2.29. The summed E-state index contributed by atoms with van der Waals surface area (Å²) in [6.45, 7) is 5.69. The number of hydrogen-bond donors (Lipinski definition) is 1. The number of thioether (sulfide) groups is 2. The molecule has 0 bridgehead atoms. The van der Waals surface area contributed by atoms with Crippen molar-refractivity contribution in [2.75, 3.05) is 18.1 Å². The van der Waals surface area contributed by atoms with Gasteiger partial charge in [-0.2, -0.15) is 11.8 Å². The van der Waals surface area contributed by atoms with E-state index in [0.29, 0.717) is 18.7 Å². The summed E-state index contributed by atoms with van der Waals surface area (Å²) < 4.78 is 0. The topological polar surface area (TPSA) is 74.7 Å². The van der Waals surface area contributed by atoms with E-state index in [0.717, 1.165) is 17.5 Å². The van der Waals surface area contributed by atoms with Gasteiger partial charge in [0.25, 0.3) is 0 Å². The van der Waals surface area contributed by atoms with Crippen LogP contribution >= 0.6 is 23.5 Å². The Labute approximate surface area is 127 Å². The van der Waals surface area contributed by atoms with Gasteiger partial charge in [0.15, 0.2) is 5.12 Å². The molecule has 1 rings (SSSR count). The molecule has 2 unspecified atom stereocenters. The van der Waals surface area contributed by atoms with Crippen molar-refractivity contribution in [1.82, 2.24) is 4.90 Å². The van der Waals surface area contributed by atoms with Crippen LogP contribution in [-0.2, 0) is 14.4 Å². The quantitative estimate of drug-likeness (QED) is 0.803. The highest BCUT2D eigenvalue weighted by Crippen LogP contribution is 2.30. The Balaban J connectivity index is 2.70. The van der Waals surface area contributed by atoms with Gasteiger partial charge in [-0.25, -0.2) is 4.79 Å². The van der Waals surface area contributed by atoms with Gasteiger partial charge in [-0.15, -0.1) is 0 Å². The predicted octanol–water partition coefficient (Wildman–Crippen LogP) is 1.71. The number of aliphatic carboxylic acids is 1. The molecule has 0 spiro atoms. The second kappa shape index (κ2) is 7.93. The summed E-state index contributed by atoms with van der Waals surface area (Å²) >= 11 is 2.70. The Morgan fingerprint density at radius 3 is 2.55 bits per heavy atom. The summed E-state index contributed by atoms with van der Waals surface area (Å²) in [7, 11) is 0. The lowest BCUT2D eigenvalue weighted by Crippen LogP contribution is -2.46. The van der Waals surface area contributed by atoms with Crippen LogP contribution in [0.4, 0.5) is 0 Å². The Kier molecular flexibility index (Phi) is 6.88. The molecule has 0 aliphatic carbocycles. The third-order valence-corrected chi connectivity index (χ3v) is 5.55. The number of carboxylic acid groups (broad SMARTS) is 1. The predicted molar refractivity (Wildman–Crippen MR) is 82.0 cm³/mol. The molecule has 0 aromatic rings. The molecule has 3 atom stereocenters. The molecule has 1 saturated heterocycles. The molecule has 1 amide bonds. The summed E-state index contributed by atoms with van der Waals surface area (Å²) in [4.78, 5) is 36.2. The van der Waals surface area contributed by atoms with Crippen LogP contribution in [0.25, 0.3) is 0 Å². The van der Waals surface area contributed by atoms with Crippen molar-refractivity contribution >= 4 is 40.5 Å². The van der Waals surface area contributed by atoms with Crippen molar-refractivity contribution in [1.29, 1.82) is 0 Å². The van der Waals surface area contributed by atoms with Gasteiger partial charge in [-0.05, 0) is 12.2 Å². The molecule has 0 aromatic heterocycles. The average molecular weight is 319 g/mol. The normalized spacial score (nSPS) is 23.6. The molecule has 0 radical (unpaired) electrons. The number of rotatable bonds is 6. The third-order valence-electron chi connectivity index (χ3n) is 3.22. The highest BCUT2D eigenvalue weighted by molar-refractivity contribution is 8.13. The van der Waals surface area contributed by atoms with Crippen LogP contribution in [0.5, 0.6) is 0 Å². The number of nitrogens with zero attached hydrogens (tertiary/aromatic N) is 1. The SMILES string of the molecule is CCSC1CCN(C(=O)C(C)CSC(C)=O)[C@@H]1C(=O)O. The number of carboxylic acids is 1. The van der Waals surface area contributed by atoms with Crippen molar-refractivity contribution in [3.63, 3.8) is 0 Å². The average Bonchev–Trinajstić information content (AvgIpc) is 2.79. The number of likely N-dealkylation sites (tertiary alicyclic amines) is 1. The van der Waals surface area contributed by atoms with E-state index in [2.05, 4.69) is 0 Å². The summed E-state index contributed by atoms with van der Waals surface area (Å²) in [6, 6.07) is -0.739. The Morgan fingerprint density at radius 2 is 2.05 bits per heavy atom. The van der Waals surface area contributed by atoms with E-state index < -0.39 is 12.0 Å². The maximum absolute atomic E-state index is 12.4. The summed E-state index contributed by atoms with van der Waals surface area (Å²) in [5.74, 6) is -0.191. The first kappa shape index (κ1) is 17.4. The van der Waals surface area contributed by atoms with Gasteiger partial charge in [-0.1, -0.05) is 25.6 Å². The molecule has 1 N–H and O–H groups in total. The van der Waals surface area contributed by atoms with Crippen LogP contribution in [0.3, 0.4) is 0 Å². The molecule has 0 saturated carbocycles. The fraction of sp³-hybridized carbons (Fsp3) is 0.769. The lowest BCUT2D eigenvalue weighted by Gasteiger charge is -2.26. The molecular formula is C13H21NO4S2. The van der Waals surface area contributed by atoms with Gasteiger partial charge >= 0.3 is 5.97 Å². The first-order valence-corrected chi connectivity index (χ1v) is 8.70. The third kappa shape index (κ3) is 4.41. The first-order valence-electron chi connectivity index (χ1n) is 6.66. The number of carbonyl (C=O) groups excluding carboxylic acids is 2. The van der Waals surface area contributed by atoms with Crippen LogP contribution < -0.4 is 0 Å². The highest BCUT2D eigenvalue weighted by Gasteiger charge is 2.42. The molecular weight excluding hydrogens is 298 g/mol. The van der Waals surface area contributed by atoms with Gasteiger partial charge in [0.1, 0.15) is 6.04 Å². The highest BCUT2D eigenvalue weighted by atomic mass is 32.2. The number of hydrogen-bond acceptors (Lipinski definition) is 5. The van der Waals surface area contributed by atoms with Gasteiger partial charge in [0.2, 0.25) is 5.91 Å². The zero-order chi connectivity index (χ0) is 15.3. The van der Waals surface area contributed by atoms with Crippen molar-refractivity contribution < 1.29 is 19.5 Å². The van der Waals surface area contributed by atoms with E-state index in [9.17, 15) is 19.5 Å². The second-order valence-corrected chi connectivity index (χ2v) is 7.51. The molecule has 0 aromatic carbocycles. The molecule has 1 aliphatic rings. The molecule has 20 heavy (non-hydrogen) atoms. The summed E-state index contributed by atoms with van der Waals surface area (Å²) in [5, 5.41) is 9.30. The Morgan fingerprint density at radius 1 is 1.40 bits per heavy atom. The minimum atomic E-state index is -0.937. The van der Waals surface area contributed by atoms with E-state index in [4.69, 9.17) is 0 Å². The van der Waals surface area contributed by atoms with E-state index in [1.54, 1.807) is 18.7 Å². The van der Waals surface area contributed by atoms with Gasteiger partial charge in [0, 0.05) is 30.4 Å². The van der Waals surface area contributed by atoms with Crippen LogP contribution in [0.2, 0.25) is 0 Å². The molecule has 1 heterocycles. The second-order valence-electron chi connectivity index (χ2n) is 4.80. The van der Waals surface area contributed by atoms with Gasteiger partial charge < -0.3 is 10.0 Å². The van der Waals surface area contributed by atoms with Crippen molar-refractivity contribution in [2.45, 2.75) is 38.5 Å². The van der Waals surface area contributed by atoms with E-state index in [1.807, 2.05) is 6.92 Å². The minimum Gasteiger partial charge on any atom is -0.480 e.